The predicted octanol–water partition coefficient (Wildman–Crippen LogP) is 3.01. The van der Waals surface area contributed by atoms with Gasteiger partial charge < -0.3 is 11.1 Å². The van der Waals surface area contributed by atoms with Crippen molar-refractivity contribution in [2.24, 2.45) is 11.7 Å². The number of carbonyl (C=O) groups is 1. The van der Waals surface area contributed by atoms with Crippen LogP contribution in [0.15, 0.2) is 47.4 Å². The molecule has 8 heteroatoms. The molecule has 0 radical (unpaired) electrons. The van der Waals surface area contributed by atoms with Crippen LogP contribution in [0.25, 0.3) is 22.0 Å². The number of anilines is 1. The van der Waals surface area contributed by atoms with Crippen molar-refractivity contribution in [2.45, 2.75) is 24.2 Å². The van der Waals surface area contributed by atoms with E-state index in [1.54, 1.807) is 24.3 Å². The number of nitrogens with zero attached hydrogens (tertiary/aromatic N) is 2. The molecular formula is C21H22N4O3S. The van der Waals surface area contributed by atoms with E-state index in [1.807, 2.05) is 18.2 Å². The van der Waals surface area contributed by atoms with Gasteiger partial charge in [-0.1, -0.05) is 31.0 Å². The first kappa shape index (κ1) is 19.3. The quantitative estimate of drug-likeness (QED) is 0.619. The standard InChI is InChI=1S/C21H22N4O3S/c1-29(27,28)16-7-4-14(5-8-16)15-6-9-17-18(12-15)24-25-20(21(22)26)19(17)23-11-10-13-2-3-13/h4-9,12-13H,2-3,10-11H2,1H3,(H2,22,26)(H,23,24). The van der Waals surface area contributed by atoms with E-state index in [2.05, 4.69) is 15.5 Å². The van der Waals surface area contributed by atoms with Crippen LogP contribution in [0.3, 0.4) is 0 Å². The third-order valence-electron chi connectivity index (χ3n) is 5.16. The lowest BCUT2D eigenvalue weighted by molar-refractivity contribution is 0.0995. The SMILES string of the molecule is CS(=O)(=O)c1ccc(-c2ccc3c(NCCC4CC4)c(C(N)=O)nnc3c2)cc1. The van der Waals surface area contributed by atoms with E-state index in [1.165, 1.54) is 19.1 Å². The van der Waals surface area contributed by atoms with E-state index >= 15 is 0 Å². The zero-order valence-electron chi connectivity index (χ0n) is 16.1. The molecule has 3 aromatic rings. The van der Waals surface area contributed by atoms with Crippen molar-refractivity contribution in [2.75, 3.05) is 18.1 Å². The average molecular weight is 410 g/mol. The molecule has 0 saturated heterocycles. The summed E-state index contributed by atoms with van der Waals surface area (Å²) in [7, 11) is -3.24. The summed E-state index contributed by atoms with van der Waals surface area (Å²) in [5.74, 6) is 0.149. The second-order valence-electron chi connectivity index (χ2n) is 7.48. The summed E-state index contributed by atoms with van der Waals surface area (Å²) in [6.45, 7) is 0.750. The summed E-state index contributed by atoms with van der Waals surface area (Å²) >= 11 is 0. The summed E-state index contributed by atoms with van der Waals surface area (Å²) in [5, 5.41) is 12.3. The first-order valence-corrected chi connectivity index (χ1v) is 11.4. The van der Waals surface area contributed by atoms with Crippen LogP contribution in [0.5, 0.6) is 0 Å². The molecule has 0 aliphatic heterocycles. The van der Waals surface area contributed by atoms with E-state index in [-0.39, 0.29) is 10.6 Å². The molecule has 29 heavy (non-hydrogen) atoms. The molecule has 1 heterocycles. The van der Waals surface area contributed by atoms with Crippen molar-refractivity contribution in [1.82, 2.24) is 10.2 Å². The number of nitrogens with two attached hydrogens (primary N) is 1. The number of nitrogens with one attached hydrogen (secondary N) is 1. The van der Waals surface area contributed by atoms with Crippen LogP contribution in [-0.4, -0.2) is 37.3 Å². The van der Waals surface area contributed by atoms with E-state index in [0.717, 1.165) is 35.4 Å². The molecule has 3 N–H and O–H groups in total. The molecule has 2 aromatic carbocycles. The molecule has 1 amide bonds. The van der Waals surface area contributed by atoms with E-state index in [9.17, 15) is 13.2 Å². The number of sulfone groups is 1. The molecule has 7 nitrogen and oxygen atoms in total. The second-order valence-corrected chi connectivity index (χ2v) is 9.49. The molecular weight excluding hydrogens is 388 g/mol. The fourth-order valence-corrected chi connectivity index (χ4v) is 3.97. The Labute approximate surface area is 169 Å². The number of hydrogen-bond donors (Lipinski definition) is 2. The number of carbonyl (C=O) groups excluding carboxylic acids is 1. The molecule has 4 rings (SSSR count). The molecule has 1 aliphatic carbocycles. The first-order chi connectivity index (χ1) is 13.8. The Balaban J connectivity index is 1.70. The van der Waals surface area contributed by atoms with Crippen molar-refractivity contribution in [1.29, 1.82) is 0 Å². The Morgan fingerprint density at radius 2 is 1.79 bits per heavy atom. The first-order valence-electron chi connectivity index (χ1n) is 9.47. The molecule has 1 fully saturated rings. The molecule has 0 spiro atoms. The van der Waals surface area contributed by atoms with Gasteiger partial charge in [-0.3, -0.25) is 4.79 Å². The summed E-state index contributed by atoms with van der Waals surface area (Å²) in [6, 6.07) is 12.4. The Kier molecular flexibility index (Phi) is 4.96. The lowest BCUT2D eigenvalue weighted by Gasteiger charge is -2.13. The summed E-state index contributed by atoms with van der Waals surface area (Å²) in [4.78, 5) is 12.1. The fourth-order valence-electron chi connectivity index (χ4n) is 3.34. The second kappa shape index (κ2) is 7.44. The van der Waals surface area contributed by atoms with Crippen LogP contribution < -0.4 is 11.1 Å². The number of aromatic nitrogens is 2. The predicted molar refractivity (Wildman–Crippen MR) is 112 cm³/mol. The molecule has 0 bridgehead atoms. The van der Waals surface area contributed by atoms with Crippen molar-refractivity contribution < 1.29 is 13.2 Å². The highest BCUT2D eigenvalue weighted by atomic mass is 32.2. The number of fused-ring (bicyclic) bond motifs is 1. The van der Waals surface area contributed by atoms with Gasteiger partial charge in [-0.25, -0.2) is 8.42 Å². The smallest absolute Gasteiger partial charge is 0.271 e. The number of hydrogen-bond acceptors (Lipinski definition) is 6. The van der Waals surface area contributed by atoms with E-state index in [0.29, 0.717) is 11.2 Å². The topological polar surface area (TPSA) is 115 Å². The molecule has 1 aliphatic rings. The van der Waals surface area contributed by atoms with Crippen molar-refractivity contribution in [3.63, 3.8) is 0 Å². The van der Waals surface area contributed by atoms with Gasteiger partial charge in [0.05, 0.1) is 16.1 Å². The number of amides is 1. The number of benzene rings is 2. The Morgan fingerprint density at radius 1 is 1.10 bits per heavy atom. The number of primary amides is 1. The Hall–Kier alpha value is -3.00. The highest BCUT2D eigenvalue weighted by molar-refractivity contribution is 7.90. The van der Waals surface area contributed by atoms with E-state index in [4.69, 9.17) is 5.73 Å². The van der Waals surface area contributed by atoms with Crippen LogP contribution in [-0.2, 0) is 9.84 Å². The maximum Gasteiger partial charge on any atom is 0.271 e. The van der Waals surface area contributed by atoms with Gasteiger partial charge in [-0.2, -0.15) is 0 Å². The fraction of sp³-hybridized carbons (Fsp3) is 0.286. The minimum atomic E-state index is -3.24. The van der Waals surface area contributed by atoms with Crippen molar-refractivity contribution >= 4 is 32.3 Å². The van der Waals surface area contributed by atoms with Gasteiger partial charge in [-0.15, -0.1) is 10.2 Å². The normalized spacial score (nSPS) is 14.1. The van der Waals surface area contributed by atoms with Crippen LogP contribution in [0, 0.1) is 5.92 Å². The summed E-state index contributed by atoms with van der Waals surface area (Å²) < 4.78 is 23.3. The van der Waals surface area contributed by atoms with Gasteiger partial charge in [0, 0.05) is 18.2 Å². The molecule has 150 valence electrons. The largest absolute Gasteiger partial charge is 0.383 e. The van der Waals surface area contributed by atoms with Gasteiger partial charge in [0.1, 0.15) is 0 Å². The van der Waals surface area contributed by atoms with Crippen LogP contribution in [0.4, 0.5) is 5.69 Å². The average Bonchev–Trinajstić information content (AvgIpc) is 3.51. The molecule has 1 saturated carbocycles. The lowest BCUT2D eigenvalue weighted by Crippen LogP contribution is -2.18. The van der Waals surface area contributed by atoms with E-state index < -0.39 is 15.7 Å². The van der Waals surface area contributed by atoms with Crippen molar-refractivity contribution in [3.05, 3.63) is 48.2 Å². The Morgan fingerprint density at radius 3 is 2.41 bits per heavy atom. The third kappa shape index (κ3) is 4.22. The maximum absolute atomic E-state index is 11.8. The minimum absolute atomic E-state index is 0.138. The Bertz CT molecular complexity index is 1190. The zero-order chi connectivity index (χ0) is 20.6. The van der Waals surface area contributed by atoms with Gasteiger partial charge in [0.25, 0.3) is 5.91 Å². The van der Waals surface area contributed by atoms with Crippen LogP contribution in [0.2, 0.25) is 0 Å². The van der Waals surface area contributed by atoms with Crippen molar-refractivity contribution in [3.8, 4) is 11.1 Å². The highest BCUT2D eigenvalue weighted by Crippen LogP contribution is 2.33. The lowest BCUT2D eigenvalue weighted by atomic mass is 10.0. The summed E-state index contributed by atoms with van der Waals surface area (Å²) in [5.41, 5.74) is 8.61. The van der Waals surface area contributed by atoms with Crippen LogP contribution >= 0.6 is 0 Å². The minimum Gasteiger partial charge on any atom is -0.383 e. The van der Waals surface area contributed by atoms with Crippen LogP contribution in [0.1, 0.15) is 29.8 Å². The maximum atomic E-state index is 11.8. The zero-order valence-corrected chi connectivity index (χ0v) is 16.9. The highest BCUT2D eigenvalue weighted by Gasteiger charge is 2.21. The van der Waals surface area contributed by atoms with Gasteiger partial charge >= 0.3 is 0 Å². The molecule has 0 atom stereocenters. The summed E-state index contributed by atoms with van der Waals surface area (Å²) in [6.07, 6.45) is 4.76. The van der Waals surface area contributed by atoms with Gasteiger partial charge in [0.15, 0.2) is 15.5 Å². The monoisotopic (exact) mass is 410 g/mol. The number of rotatable bonds is 7. The third-order valence-corrected chi connectivity index (χ3v) is 6.29. The van der Waals surface area contributed by atoms with Gasteiger partial charge in [0.2, 0.25) is 0 Å². The molecule has 1 aromatic heterocycles. The van der Waals surface area contributed by atoms with Gasteiger partial charge in [-0.05, 0) is 47.7 Å². The molecule has 0 unspecified atom stereocenters.